The van der Waals surface area contributed by atoms with Crippen molar-refractivity contribution >= 4 is 17.5 Å². The molecule has 21 heavy (non-hydrogen) atoms. The van der Waals surface area contributed by atoms with Crippen LogP contribution in [-0.2, 0) is 12.7 Å². The number of halogens is 4. The van der Waals surface area contributed by atoms with E-state index >= 15 is 0 Å². The van der Waals surface area contributed by atoms with Gasteiger partial charge in [0.1, 0.15) is 0 Å². The summed E-state index contributed by atoms with van der Waals surface area (Å²) in [4.78, 5) is 11.9. The van der Waals surface area contributed by atoms with Gasteiger partial charge in [-0.25, -0.2) is 0 Å². The zero-order chi connectivity index (χ0) is 15.5. The van der Waals surface area contributed by atoms with Gasteiger partial charge in [-0.1, -0.05) is 29.8 Å². The molecule has 1 N–H and O–H groups in total. The van der Waals surface area contributed by atoms with Crippen LogP contribution < -0.4 is 5.32 Å². The average molecular weight is 314 g/mol. The standard InChI is InChI=1S/C15H11ClF3NO/c16-13-4-2-1-3-11(13)9-20-14(21)10-5-7-12(8-6-10)15(17,18)19/h1-8H,9H2,(H,20,21). The van der Waals surface area contributed by atoms with Crippen molar-refractivity contribution in [2.45, 2.75) is 12.7 Å². The molecule has 0 aliphatic rings. The molecule has 6 heteroatoms. The molecule has 110 valence electrons. The predicted molar refractivity (Wildman–Crippen MR) is 74.1 cm³/mol. The van der Waals surface area contributed by atoms with Crippen molar-refractivity contribution in [3.05, 3.63) is 70.2 Å². The molecule has 0 heterocycles. The molecule has 0 bridgehead atoms. The molecule has 0 saturated heterocycles. The first-order valence-corrected chi connectivity index (χ1v) is 6.44. The van der Waals surface area contributed by atoms with Gasteiger partial charge in [0.15, 0.2) is 0 Å². The Morgan fingerprint density at radius 3 is 2.24 bits per heavy atom. The van der Waals surface area contributed by atoms with Gasteiger partial charge < -0.3 is 5.32 Å². The lowest BCUT2D eigenvalue weighted by molar-refractivity contribution is -0.137. The van der Waals surface area contributed by atoms with Gasteiger partial charge in [-0.3, -0.25) is 4.79 Å². The molecule has 2 rings (SSSR count). The molecule has 0 spiro atoms. The van der Waals surface area contributed by atoms with Crippen molar-refractivity contribution in [1.82, 2.24) is 5.32 Å². The monoisotopic (exact) mass is 313 g/mol. The van der Waals surface area contributed by atoms with E-state index in [2.05, 4.69) is 5.32 Å². The van der Waals surface area contributed by atoms with E-state index < -0.39 is 17.6 Å². The third kappa shape index (κ3) is 3.98. The van der Waals surface area contributed by atoms with Crippen molar-refractivity contribution in [1.29, 1.82) is 0 Å². The minimum absolute atomic E-state index is 0.162. The van der Waals surface area contributed by atoms with E-state index in [1.807, 2.05) is 0 Å². The first-order valence-electron chi connectivity index (χ1n) is 6.07. The molecular weight excluding hydrogens is 303 g/mol. The summed E-state index contributed by atoms with van der Waals surface area (Å²) in [6.07, 6.45) is -4.41. The normalized spacial score (nSPS) is 11.2. The maximum Gasteiger partial charge on any atom is 0.416 e. The largest absolute Gasteiger partial charge is 0.416 e. The number of rotatable bonds is 3. The third-order valence-electron chi connectivity index (χ3n) is 2.87. The van der Waals surface area contributed by atoms with Crippen LogP contribution >= 0.6 is 11.6 Å². The van der Waals surface area contributed by atoms with E-state index in [0.29, 0.717) is 5.02 Å². The first-order chi connectivity index (χ1) is 9.88. The highest BCUT2D eigenvalue weighted by Crippen LogP contribution is 2.29. The van der Waals surface area contributed by atoms with Crippen LogP contribution in [0.2, 0.25) is 5.02 Å². The van der Waals surface area contributed by atoms with Gasteiger partial charge in [-0.15, -0.1) is 0 Å². The highest BCUT2D eigenvalue weighted by atomic mass is 35.5. The number of benzene rings is 2. The van der Waals surface area contributed by atoms with Gasteiger partial charge >= 0.3 is 6.18 Å². The van der Waals surface area contributed by atoms with Gasteiger partial charge in [0.25, 0.3) is 5.91 Å². The van der Waals surface area contributed by atoms with Crippen molar-refractivity contribution in [3.8, 4) is 0 Å². The van der Waals surface area contributed by atoms with Crippen LogP contribution in [0.3, 0.4) is 0 Å². The number of carbonyl (C=O) groups excluding carboxylic acids is 1. The summed E-state index contributed by atoms with van der Waals surface area (Å²) in [5, 5.41) is 3.13. The molecule has 0 aromatic heterocycles. The lowest BCUT2D eigenvalue weighted by Crippen LogP contribution is -2.23. The quantitative estimate of drug-likeness (QED) is 0.900. The predicted octanol–water partition coefficient (Wildman–Crippen LogP) is 4.29. The smallest absolute Gasteiger partial charge is 0.348 e. The number of alkyl halides is 3. The Hall–Kier alpha value is -2.01. The second-order valence-electron chi connectivity index (χ2n) is 4.35. The van der Waals surface area contributed by atoms with Crippen LogP contribution in [-0.4, -0.2) is 5.91 Å². The van der Waals surface area contributed by atoms with Gasteiger partial charge in [0.2, 0.25) is 0 Å². The van der Waals surface area contributed by atoms with Crippen molar-refractivity contribution in [3.63, 3.8) is 0 Å². The fourth-order valence-corrected chi connectivity index (χ4v) is 1.93. The number of nitrogens with one attached hydrogen (secondary N) is 1. The lowest BCUT2D eigenvalue weighted by atomic mass is 10.1. The van der Waals surface area contributed by atoms with E-state index in [1.54, 1.807) is 24.3 Å². The molecule has 0 atom stereocenters. The highest BCUT2D eigenvalue weighted by Gasteiger charge is 2.30. The second-order valence-corrected chi connectivity index (χ2v) is 4.76. The molecule has 0 radical (unpaired) electrons. The molecule has 2 aromatic rings. The minimum Gasteiger partial charge on any atom is -0.348 e. The summed E-state index contributed by atoms with van der Waals surface area (Å²) >= 11 is 5.95. The zero-order valence-electron chi connectivity index (χ0n) is 10.7. The van der Waals surface area contributed by atoms with E-state index in [0.717, 1.165) is 29.8 Å². The maximum absolute atomic E-state index is 12.4. The van der Waals surface area contributed by atoms with Crippen molar-refractivity contribution in [2.75, 3.05) is 0 Å². The summed E-state index contributed by atoms with van der Waals surface area (Å²) in [6.45, 7) is 0.208. The van der Waals surface area contributed by atoms with Crippen molar-refractivity contribution < 1.29 is 18.0 Å². The molecule has 0 fully saturated rings. The second kappa shape index (κ2) is 6.18. The molecule has 0 aliphatic heterocycles. The minimum atomic E-state index is -4.41. The highest BCUT2D eigenvalue weighted by molar-refractivity contribution is 6.31. The summed E-state index contributed by atoms with van der Waals surface area (Å²) in [7, 11) is 0. The lowest BCUT2D eigenvalue weighted by Gasteiger charge is -2.09. The zero-order valence-corrected chi connectivity index (χ0v) is 11.5. The van der Waals surface area contributed by atoms with Crippen LogP contribution in [0.25, 0.3) is 0 Å². The Kier molecular flexibility index (Phi) is 4.53. The molecule has 0 aliphatic carbocycles. The van der Waals surface area contributed by atoms with Crippen LogP contribution in [0, 0.1) is 0 Å². The van der Waals surface area contributed by atoms with E-state index in [-0.39, 0.29) is 12.1 Å². The van der Waals surface area contributed by atoms with Gasteiger partial charge in [0.05, 0.1) is 5.56 Å². The van der Waals surface area contributed by atoms with Crippen molar-refractivity contribution in [2.24, 2.45) is 0 Å². The fourth-order valence-electron chi connectivity index (χ4n) is 1.73. The summed E-state index contributed by atoms with van der Waals surface area (Å²) < 4.78 is 37.3. The fraction of sp³-hybridized carbons (Fsp3) is 0.133. The van der Waals surface area contributed by atoms with Crippen LogP contribution in [0.1, 0.15) is 21.5 Å². The van der Waals surface area contributed by atoms with E-state index in [1.165, 1.54) is 0 Å². The number of hydrogen-bond acceptors (Lipinski definition) is 1. The molecular formula is C15H11ClF3NO. The molecule has 0 unspecified atom stereocenters. The number of carbonyl (C=O) groups is 1. The van der Waals surface area contributed by atoms with Gasteiger partial charge in [-0.2, -0.15) is 13.2 Å². The topological polar surface area (TPSA) is 29.1 Å². The Labute approximate surface area is 124 Å². The van der Waals surface area contributed by atoms with E-state index in [4.69, 9.17) is 11.6 Å². The molecule has 1 amide bonds. The first kappa shape index (κ1) is 15.4. The Balaban J connectivity index is 2.03. The number of amides is 1. The Morgan fingerprint density at radius 1 is 1.05 bits per heavy atom. The SMILES string of the molecule is O=C(NCc1ccccc1Cl)c1ccc(C(F)(F)F)cc1. The molecule has 2 nitrogen and oxygen atoms in total. The van der Waals surface area contributed by atoms with Crippen LogP contribution in [0.4, 0.5) is 13.2 Å². The summed E-state index contributed by atoms with van der Waals surface area (Å²) in [5.41, 5.74) is 0.111. The molecule has 0 saturated carbocycles. The average Bonchev–Trinajstić information content (AvgIpc) is 2.45. The Bertz CT molecular complexity index is 638. The van der Waals surface area contributed by atoms with E-state index in [9.17, 15) is 18.0 Å². The third-order valence-corrected chi connectivity index (χ3v) is 3.24. The summed E-state index contributed by atoms with van der Waals surface area (Å²) in [5.74, 6) is -0.455. The van der Waals surface area contributed by atoms with Gasteiger partial charge in [-0.05, 0) is 35.9 Å². The summed E-state index contributed by atoms with van der Waals surface area (Å²) in [6, 6.07) is 11.1. The number of hydrogen-bond donors (Lipinski definition) is 1. The molecule has 2 aromatic carbocycles. The van der Waals surface area contributed by atoms with Crippen LogP contribution in [0.5, 0.6) is 0 Å². The van der Waals surface area contributed by atoms with Gasteiger partial charge in [0, 0.05) is 17.1 Å². The maximum atomic E-state index is 12.4. The van der Waals surface area contributed by atoms with Crippen LogP contribution in [0.15, 0.2) is 48.5 Å². The Morgan fingerprint density at radius 2 is 1.67 bits per heavy atom.